The molecule has 0 heterocycles. The molecule has 15 heavy (non-hydrogen) atoms. The summed E-state index contributed by atoms with van der Waals surface area (Å²) in [7, 11) is 0. The Balaban J connectivity index is 2.77. The van der Waals surface area contributed by atoms with E-state index in [0.717, 1.165) is 0 Å². The summed E-state index contributed by atoms with van der Waals surface area (Å²) in [5.74, 6) is 0.504. The lowest BCUT2D eigenvalue weighted by molar-refractivity contribution is 0.541. The van der Waals surface area contributed by atoms with E-state index in [1.807, 2.05) is 0 Å². The van der Waals surface area contributed by atoms with Crippen LogP contribution in [0.3, 0.4) is 0 Å². The van der Waals surface area contributed by atoms with E-state index in [-0.39, 0.29) is 5.41 Å². The predicted molar refractivity (Wildman–Crippen MR) is 68.2 cm³/mol. The molecule has 0 aliphatic heterocycles. The average molecular weight is 202 g/mol. The highest BCUT2D eigenvalue weighted by Crippen LogP contribution is 2.22. The highest BCUT2D eigenvalue weighted by Gasteiger charge is 2.06. The first kappa shape index (κ1) is 12.0. The van der Waals surface area contributed by atoms with Crippen LogP contribution in [0.25, 0.3) is 0 Å². The van der Waals surface area contributed by atoms with Crippen LogP contribution in [0.5, 0.6) is 0 Å². The second kappa shape index (κ2) is 4.65. The number of benzene rings is 1. The van der Waals surface area contributed by atoms with Crippen molar-refractivity contribution < 1.29 is 0 Å². The quantitative estimate of drug-likeness (QED) is 0.610. The van der Waals surface area contributed by atoms with E-state index in [9.17, 15) is 0 Å². The Kier molecular flexibility index (Phi) is 3.73. The summed E-state index contributed by atoms with van der Waals surface area (Å²) in [6.45, 7) is 11.1. The van der Waals surface area contributed by atoms with Crippen molar-refractivity contribution in [1.29, 1.82) is 0 Å². The topological polar surface area (TPSA) is 0 Å². The lowest BCUT2D eigenvalue weighted by Crippen LogP contribution is -2.00. The molecule has 82 valence electrons. The summed E-state index contributed by atoms with van der Waals surface area (Å²) in [5.41, 5.74) is 3.01. The Morgan fingerprint density at radius 1 is 1.20 bits per heavy atom. The van der Waals surface area contributed by atoms with Crippen molar-refractivity contribution in [3.8, 4) is 0 Å². The van der Waals surface area contributed by atoms with Gasteiger partial charge in [-0.05, 0) is 23.8 Å². The summed E-state index contributed by atoms with van der Waals surface area (Å²) in [6, 6.07) is 8.73. The molecule has 1 aromatic rings. The smallest absolute Gasteiger partial charge is 0.00101 e. The van der Waals surface area contributed by atoms with Gasteiger partial charge < -0.3 is 0 Å². The monoisotopic (exact) mass is 202 g/mol. The molecule has 1 aromatic carbocycles. The molecular weight excluding hydrogens is 180 g/mol. The first-order valence-electron chi connectivity index (χ1n) is 5.64. The lowest BCUT2D eigenvalue weighted by Gasteiger charge is -2.14. The molecule has 1 unspecified atom stereocenters. The molecule has 0 aromatic heterocycles. The third kappa shape index (κ3) is 4.33. The largest absolute Gasteiger partial charge is 0.0825 e. The minimum Gasteiger partial charge on any atom is -0.0825 e. The average Bonchev–Trinajstić information content (AvgIpc) is 2.13. The fraction of sp³-hybridized carbons (Fsp3) is 0.467. The summed E-state index contributed by atoms with van der Waals surface area (Å²) < 4.78 is 0. The molecule has 0 aliphatic rings. The van der Waals surface area contributed by atoms with Gasteiger partial charge in [-0.2, -0.15) is 0 Å². The number of allylic oxidation sites excluding steroid dienone is 2. The van der Waals surface area contributed by atoms with Gasteiger partial charge >= 0.3 is 0 Å². The van der Waals surface area contributed by atoms with Crippen molar-refractivity contribution in [3.63, 3.8) is 0 Å². The molecule has 0 spiro atoms. The molecule has 0 nitrogen and oxygen atoms in total. The third-order valence-electron chi connectivity index (χ3n) is 2.45. The molecule has 0 bridgehead atoms. The molecule has 1 atom stereocenters. The molecule has 0 amide bonds. The highest BCUT2D eigenvalue weighted by molar-refractivity contribution is 5.27. The van der Waals surface area contributed by atoms with Crippen molar-refractivity contribution in [3.05, 3.63) is 47.5 Å². The maximum atomic E-state index is 2.30. The van der Waals surface area contributed by atoms with Gasteiger partial charge in [0.05, 0.1) is 0 Å². The van der Waals surface area contributed by atoms with Crippen molar-refractivity contribution >= 4 is 0 Å². The van der Waals surface area contributed by atoms with Crippen LogP contribution in [-0.2, 0) is 0 Å². The lowest BCUT2D eigenvalue weighted by atomic mass is 9.92. The Morgan fingerprint density at radius 3 is 2.40 bits per heavy atom. The van der Waals surface area contributed by atoms with E-state index in [2.05, 4.69) is 71.0 Å². The molecule has 0 saturated heterocycles. The van der Waals surface area contributed by atoms with Crippen molar-refractivity contribution in [2.45, 2.75) is 40.5 Å². The van der Waals surface area contributed by atoms with E-state index < -0.39 is 0 Å². The second-order valence-electron chi connectivity index (χ2n) is 5.43. The van der Waals surface area contributed by atoms with Crippen molar-refractivity contribution in [2.75, 3.05) is 0 Å². The van der Waals surface area contributed by atoms with E-state index in [4.69, 9.17) is 0 Å². The number of rotatable bonds is 2. The first-order chi connectivity index (χ1) is 6.88. The molecule has 1 rings (SSSR count). The van der Waals surface area contributed by atoms with Crippen molar-refractivity contribution in [1.82, 2.24) is 0 Å². The van der Waals surface area contributed by atoms with Gasteiger partial charge in [-0.3, -0.25) is 0 Å². The first-order valence-corrected chi connectivity index (χ1v) is 5.64. The summed E-state index contributed by atoms with van der Waals surface area (Å²) in [6.07, 6.45) is 4.59. The fourth-order valence-corrected chi connectivity index (χ4v) is 1.50. The van der Waals surface area contributed by atoms with Gasteiger partial charge in [0.2, 0.25) is 0 Å². The van der Waals surface area contributed by atoms with Gasteiger partial charge in [0.25, 0.3) is 0 Å². The Labute approximate surface area is 94.0 Å². The van der Waals surface area contributed by atoms with Gasteiger partial charge in [-0.25, -0.2) is 0 Å². The van der Waals surface area contributed by atoms with E-state index in [1.54, 1.807) is 0 Å². The Morgan fingerprint density at radius 2 is 1.87 bits per heavy atom. The predicted octanol–water partition coefficient (Wildman–Crippen LogP) is 4.70. The normalized spacial score (nSPS) is 14.5. The van der Waals surface area contributed by atoms with Crippen LogP contribution in [0, 0.1) is 12.3 Å². The zero-order valence-electron chi connectivity index (χ0n) is 10.5. The maximum Gasteiger partial charge on any atom is -0.00101 e. The molecule has 0 saturated carbocycles. The van der Waals surface area contributed by atoms with Gasteiger partial charge in [0.1, 0.15) is 0 Å². The van der Waals surface area contributed by atoms with E-state index in [0.29, 0.717) is 5.92 Å². The Hall–Kier alpha value is -1.04. The molecule has 0 aliphatic carbocycles. The molecular formula is C15H22. The van der Waals surface area contributed by atoms with Crippen LogP contribution in [0.2, 0.25) is 0 Å². The molecule has 0 heteroatoms. The zero-order chi connectivity index (χ0) is 11.5. The standard InChI is InChI=1S/C15H22/c1-12-7-6-8-14(11-12)13(2)9-10-15(3,4)5/h6-11,13H,1-5H3/b10-9+. The number of hydrogen-bond donors (Lipinski definition) is 0. The van der Waals surface area contributed by atoms with Crippen LogP contribution >= 0.6 is 0 Å². The van der Waals surface area contributed by atoms with Crippen LogP contribution in [0.1, 0.15) is 44.7 Å². The summed E-state index contributed by atoms with van der Waals surface area (Å²) in [4.78, 5) is 0. The van der Waals surface area contributed by atoms with Gasteiger partial charge in [0.15, 0.2) is 0 Å². The van der Waals surface area contributed by atoms with E-state index >= 15 is 0 Å². The number of aryl methyl sites for hydroxylation is 1. The SMILES string of the molecule is Cc1cccc(C(C)/C=C/C(C)(C)C)c1. The summed E-state index contributed by atoms with van der Waals surface area (Å²) >= 11 is 0. The van der Waals surface area contributed by atoms with Crippen molar-refractivity contribution in [2.24, 2.45) is 5.41 Å². The van der Waals surface area contributed by atoms with Gasteiger partial charge in [0, 0.05) is 0 Å². The highest BCUT2D eigenvalue weighted by atomic mass is 14.1. The third-order valence-corrected chi connectivity index (χ3v) is 2.45. The van der Waals surface area contributed by atoms with Gasteiger partial charge in [-0.15, -0.1) is 0 Å². The van der Waals surface area contributed by atoms with Crippen LogP contribution in [-0.4, -0.2) is 0 Å². The van der Waals surface area contributed by atoms with Crippen LogP contribution in [0.15, 0.2) is 36.4 Å². The minimum absolute atomic E-state index is 0.276. The zero-order valence-corrected chi connectivity index (χ0v) is 10.5. The van der Waals surface area contributed by atoms with E-state index in [1.165, 1.54) is 11.1 Å². The molecule has 0 N–H and O–H groups in total. The minimum atomic E-state index is 0.276. The second-order valence-corrected chi connectivity index (χ2v) is 5.43. The van der Waals surface area contributed by atoms with Gasteiger partial charge in [-0.1, -0.05) is 69.7 Å². The maximum absolute atomic E-state index is 2.30. The number of hydrogen-bond acceptors (Lipinski definition) is 0. The fourth-order valence-electron chi connectivity index (χ4n) is 1.50. The summed E-state index contributed by atoms with van der Waals surface area (Å²) in [5, 5.41) is 0. The Bertz CT molecular complexity index is 339. The van der Waals surface area contributed by atoms with Crippen LogP contribution < -0.4 is 0 Å². The molecule has 0 fully saturated rings. The van der Waals surface area contributed by atoms with Crippen LogP contribution in [0.4, 0.5) is 0 Å². The molecule has 0 radical (unpaired) electrons.